The third kappa shape index (κ3) is 3.17. The van der Waals surface area contributed by atoms with Gasteiger partial charge in [-0.2, -0.15) is 5.10 Å². The molecule has 1 amide bonds. The molecule has 0 bridgehead atoms. The Labute approximate surface area is 124 Å². The van der Waals surface area contributed by atoms with E-state index in [-0.39, 0.29) is 5.91 Å². The van der Waals surface area contributed by atoms with Gasteiger partial charge in [-0.15, -0.1) is 11.8 Å². The second kappa shape index (κ2) is 6.18. The van der Waals surface area contributed by atoms with E-state index in [9.17, 15) is 4.79 Å². The SMILES string of the molecule is CCNC1(C(N)=O)CCCC(Sc2cc(C)nn2C)C1. The van der Waals surface area contributed by atoms with E-state index in [4.69, 9.17) is 5.73 Å². The molecule has 112 valence electrons. The monoisotopic (exact) mass is 296 g/mol. The molecule has 1 saturated carbocycles. The smallest absolute Gasteiger partial charge is 0.237 e. The fourth-order valence-corrected chi connectivity index (χ4v) is 4.43. The van der Waals surface area contributed by atoms with Crippen LogP contribution in [-0.2, 0) is 11.8 Å². The number of carbonyl (C=O) groups excluding carboxylic acids is 1. The molecule has 2 rings (SSSR count). The zero-order valence-electron chi connectivity index (χ0n) is 12.5. The van der Waals surface area contributed by atoms with E-state index in [1.54, 1.807) is 0 Å². The van der Waals surface area contributed by atoms with Gasteiger partial charge in [-0.05, 0) is 45.2 Å². The first-order chi connectivity index (χ1) is 9.47. The molecule has 0 spiro atoms. The van der Waals surface area contributed by atoms with Crippen LogP contribution in [0.5, 0.6) is 0 Å². The quantitative estimate of drug-likeness (QED) is 0.865. The summed E-state index contributed by atoms with van der Waals surface area (Å²) in [4.78, 5) is 11.9. The first-order valence-electron chi connectivity index (χ1n) is 7.19. The lowest BCUT2D eigenvalue weighted by Gasteiger charge is -2.38. The number of nitrogens with two attached hydrogens (primary N) is 1. The third-order valence-electron chi connectivity index (χ3n) is 3.94. The predicted octanol–water partition coefficient (Wildman–Crippen LogP) is 1.60. The van der Waals surface area contributed by atoms with Gasteiger partial charge < -0.3 is 11.1 Å². The minimum atomic E-state index is -0.529. The van der Waals surface area contributed by atoms with E-state index in [1.807, 2.05) is 37.3 Å². The van der Waals surface area contributed by atoms with Crippen LogP contribution >= 0.6 is 11.8 Å². The molecule has 1 fully saturated rings. The van der Waals surface area contributed by atoms with Crippen LogP contribution in [0.1, 0.15) is 38.3 Å². The molecule has 20 heavy (non-hydrogen) atoms. The fourth-order valence-electron chi connectivity index (χ4n) is 3.00. The second-order valence-corrected chi connectivity index (χ2v) is 6.88. The number of thioether (sulfide) groups is 1. The molecule has 1 aliphatic carbocycles. The number of nitrogens with zero attached hydrogens (tertiary/aromatic N) is 2. The van der Waals surface area contributed by atoms with Crippen LogP contribution in [0.15, 0.2) is 11.1 Å². The maximum atomic E-state index is 11.9. The fraction of sp³-hybridized carbons (Fsp3) is 0.714. The highest BCUT2D eigenvalue weighted by molar-refractivity contribution is 7.99. The lowest BCUT2D eigenvalue weighted by atomic mass is 9.80. The number of nitrogens with one attached hydrogen (secondary N) is 1. The largest absolute Gasteiger partial charge is 0.368 e. The number of primary amides is 1. The average Bonchev–Trinajstić information content (AvgIpc) is 2.68. The Morgan fingerprint density at radius 2 is 2.45 bits per heavy atom. The molecule has 1 aromatic rings. The molecule has 0 aliphatic heterocycles. The van der Waals surface area contributed by atoms with Gasteiger partial charge in [-0.25, -0.2) is 0 Å². The van der Waals surface area contributed by atoms with Crippen LogP contribution in [0.2, 0.25) is 0 Å². The van der Waals surface area contributed by atoms with Crippen LogP contribution in [0, 0.1) is 6.92 Å². The summed E-state index contributed by atoms with van der Waals surface area (Å²) in [5.74, 6) is -0.217. The lowest BCUT2D eigenvalue weighted by molar-refractivity contribution is -0.125. The van der Waals surface area contributed by atoms with Crippen LogP contribution in [0.3, 0.4) is 0 Å². The van der Waals surface area contributed by atoms with Crippen molar-refractivity contribution in [1.82, 2.24) is 15.1 Å². The number of likely N-dealkylation sites (N-methyl/N-ethyl adjacent to an activating group) is 1. The van der Waals surface area contributed by atoms with E-state index in [0.717, 1.165) is 42.9 Å². The lowest BCUT2D eigenvalue weighted by Crippen LogP contribution is -2.58. The number of hydrogen-bond acceptors (Lipinski definition) is 4. The number of carbonyl (C=O) groups is 1. The molecule has 1 heterocycles. The van der Waals surface area contributed by atoms with Crippen molar-refractivity contribution in [3.05, 3.63) is 11.8 Å². The first-order valence-corrected chi connectivity index (χ1v) is 8.07. The molecule has 3 N–H and O–H groups in total. The van der Waals surface area contributed by atoms with E-state index in [2.05, 4.69) is 16.5 Å². The normalized spacial score (nSPS) is 26.6. The molecule has 0 radical (unpaired) electrons. The number of rotatable bonds is 5. The average molecular weight is 296 g/mol. The van der Waals surface area contributed by atoms with Crippen molar-refractivity contribution in [3.63, 3.8) is 0 Å². The molecule has 0 saturated heterocycles. The van der Waals surface area contributed by atoms with Crippen molar-refractivity contribution < 1.29 is 4.79 Å². The van der Waals surface area contributed by atoms with Gasteiger partial charge in [0.25, 0.3) is 0 Å². The molecule has 1 aliphatic rings. The van der Waals surface area contributed by atoms with Gasteiger partial charge in [-0.1, -0.05) is 6.92 Å². The maximum Gasteiger partial charge on any atom is 0.237 e. The van der Waals surface area contributed by atoms with Crippen molar-refractivity contribution in [2.45, 2.75) is 55.3 Å². The van der Waals surface area contributed by atoms with E-state index >= 15 is 0 Å². The maximum absolute atomic E-state index is 11.9. The van der Waals surface area contributed by atoms with Crippen molar-refractivity contribution in [3.8, 4) is 0 Å². The highest BCUT2D eigenvalue weighted by Crippen LogP contribution is 2.38. The highest BCUT2D eigenvalue weighted by atomic mass is 32.2. The summed E-state index contributed by atoms with van der Waals surface area (Å²) in [6.07, 6.45) is 3.79. The number of hydrogen-bond donors (Lipinski definition) is 2. The van der Waals surface area contributed by atoms with Crippen LogP contribution in [0.4, 0.5) is 0 Å². The van der Waals surface area contributed by atoms with Gasteiger partial charge >= 0.3 is 0 Å². The molecule has 6 heteroatoms. The molecule has 0 aromatic carbocycles. The second-order valence-electron chi connectivity index (χ2n) is 5.56. The van der Waals surface area contributed by atoms with Crippen molar-refractivity contribution >= 4 is 17.7 Å². The van der Waals surface area contributed by atoms with Crippen molar-refractivity contribution in [2.24, 2.45) is 12.8 Å². The number of aromatic nitrogens is 2. The van der Waals surface area contributed by atoms with Gasteiger partial charge in [0.15, 0.2) is 0 Å². The van der Waals surface area contributed by atoms with Crippen LogP contribution in [-0.4, -0.2) is 33.0 Å². The standard InChI is InChI=1S/C14H24N4OS/c1-4-16-14(13(15)19)7-5-6-11(9-14)20-12-8-10(2)17-18(12)3/h8,11,16H,4-7,9H2,1-3H3,(H2,15,19). The third-order valence-corrected chi connectivity index (χ3v) is 5.30. The zero-order valence-corrected chi connectivity index (χ0v) is 13.3. The number of aryl methyl sites for hydroxylation is 2. The van der Waals surface area contributed by atoms with Crippen molar-refractivity contribution in [1.29, 1.82) is 0 Å². The Hall–Kier alpha value is -1.01. The van der Waals surface area contributed by atoms with E-state index < -0.39 is 5.54 Å². The predicted molar refractivity (Wildman–Crippen MR) is 81.7 cm³/mol. The van der Waals surface area contributed by atoms with Gasteiger partial charge in [0.2, 0.25) is 5.91 Å². The summed E-state index contributed by atoms with van der Waals surface area (Å²) in [7, 11) is 1.96. The summed E-state index contributed by atoms with van der Waals surface area (Å²) in [6.45, 7) is 4.79. The zero-order chi connectivity index (χ0) is 14.8. The van der Waals surface area contributed by atoms with Gasteiger partial charge in [0.05, 0.1) is 16.3 Å². The molecule has 1 aromatic heterocycles. The molecule has 2 atom stereocenters. The number of amides is 1. The van der Waals surface area contributed by atoms with Crippen LogP contribution < -0.4 is 11.1 Å². The topological polar surface area (TPSA) is 72.9 Å². The summed E-state index contributed by atoms with van der Waals surface area (Å²) in [5, 5.41) is 9.26. The molecule has 2 unspecified atom stereocenters. The Morgan fingerprint density at radius 1 is 1.70 bits per heavy atom. The Balaban J connectivity index is 2.10. The Kier molecular flexibility index (Phi) is 4.75. The highest BCUT2D eigenvalue weighted by Gasteiger charge is 2.41. The first kappa shape index (κ1) is 15.4. The van der Waals surface area contributed by atoms with Gasteiger partial charge in [0.1, 0.15) is 0 Å². The molecule has 5 nitrogen and oxygen atoms in total. The van der Waals surface area contributed by atoms with Gasteiger partial charge in [-0.3, -0.25) is 9.48 Å². The summed E-state index contributed by atoms with van der Waals surface area (Å²) >= 11 is 1.81. The molecular weight excluding hydrogens is 272 g/mol. The van der Waals surface area contributed by atoms with Gasteiger partial charge in [0, 0.05) is 12.3 Å². The summed E-state index contributed by atoms with van der Waals surface area (Å²) in [6, 6.07) is 2.10. The summed E-state index contributed by atoms with van der Waals surface area (Å²) < 4.78 is 1.91. The summed E-state index contributed by atoms with van der Waals surface area (Å²) in [5.41, 5.74) is 6.15. The van der Waals surface area contributed by atoms with Crippen LogP contribution in [0.25, 0.3) is 0 Å². The Bertz CT molecular complexity index is 484. The van der Waals surface area contributed by atoms with E-state index in [0.29, 0.717) is 5.25 Å². The molecular formula is C14H24N4OS. The minimum Gasteiger partial charge on any atom is -0.368 e. The van der Waals surface area contributed by atoms with Crippen molar-refractivity contribution in [2.75, 3.05) is 6.54 Å². The minimum absolute atomic E-state index is 0.217. The van der Waals surface area contributed by atoms with E-state index in [1.165, 1.54) is 0 Å². The Morgan fingerprint density at radius 3 is 3.00 bits per heavy atom.